The van der Waals surface area contributed by atoms with E-state index in [1.54, 1.807) is 12.4 Å². The second-order valence-electron chi connectivity index (χ2n) is 3.70. The molecule has 1 rings (SSSR count). The first kappa shape index (κ1) is 12.6. The van der Waals surface area contributed by atoms with Gasteiger partial charge in [0.15, 0.2) is 0 Å². The van der Waals surface area contributed by atoms with E-state index >= 15 is 0 Å². The highest BCUT2D eigenvalue weighted by molar-refractivity contribution is 5.75. The molecule has 1 unspecified atom stereocenters. The van der Waals surface area contributed by atoms with E-state index in [4.69, 9.17) is 4.74 Å². The summed E-state index contributed by atoms with van der Waals surface area (Å²) in [6, 6.07) is 3.64. The lowest BCUT2D eigenvalue weighted by Crippen LogP contribution is -2.36. The van der Waals surface area contributed by atoms with Crippen LogP contribution in [0.2, 0.25) is 0 Å². The van der Waals surface area contributed by atoms with Crippen LogP contribution in [-0.2, 0) is 16.1 Å². The van der Waals surface area contributed by atoms with Crippen LogP contribution < -0.4 is 0 Å². The van der Waals surface area contributed by atoms with Gasteiger partial charge in [-0.2, -0.15) is 0 Å². The van der Waals surface area contributed by atoms with Gasteiger partial charge in [0.25, 0.3) is 0 Å². The van der Waals surface area contributed by atoms with Gasteiger partial charge >= 0.3 is 5.97 Å². The summed E-state index contributed by atoms with van der Waals surface area (Å²) < 4.78 is 4.97. The van der Waals surface area contributed by atoms with Gasteiger partial charge in [0.05, 0.1) is 6.61 Å². The zero-order valence-electron chi connectivity index (χ0n) is 10.0. The highest BCUT2D eigenvalue weighted by atomic mass is 16.5. The largest absolute Gasteiger partial charge is 0.465 e. The third-order valence-corrected chi connectivity index (χ3v) is 2.44. The molecule has 16 heavy (non-hydrogen) atoms. The third-order valence-electron chi connectivity index (χ3n) is 2.44. The standard InChI is InChI=1S/C12H18N2O2/c1-4-16-12(15)10(2)14(3)9-11-6-5-7-13-8-11/h5-8,10H,4,9H2,1-3H3. The normalized spacial score (nSPS) is 12.5. The molecule has 0 N–H and O–H groups in total. The minimum atomic E-state index is -0.236. The van der Waals surface area contributed by atoms with Crippen molar-refractivity contribution < 1.29 is 9.53 Å². The zero-order chi connectivity index (χ0) is 12.0. The second kappa shape index (κ2) is 6.23. The summed E-state index contributed by atoms with van der Waals surface area (Å²) >= 11 is 0. The number of esters is 1. The fraction of sp³-hybridized carbons (Fsp3) is 0.500. The van der Waals surface area contributed by atoms with E-state index in [0.717, 1.165) is 5.56 Å². The van der Waals surface area contributed by atoms with Gasteiger partial charge in [0.2, 0.25) is 0 Å². The number of carbonyl (C=O) groups excluding carboxylic acids is 1. The first-order valence-electron chi connectivity index (χ1n) is 5.41. The maximum Gasteiger partial charge on any atom is 0.323 e. The number of hydrogen-bond acceptors (Lipinski definition) is 4. The molecule has 1 heterocycles. The quantitative estimate of drug-likeness (QED) is 0.707. The Balaban J connectivity index is 2.52. The Morgan fingerprint density at radius 1 is 1.62 bits per heavy atom. The number of likely N-dealkylation sites (N-methyl/N-ethyl adjacent to an activating group) is 1. The molecule has 0 amide bonds. The highest BCUT2D eigenvalue weighted by Gasteiger charge is 2.18. The van der Waals surface area contributed by atoms with Crippen LogP contribution in [0, 0.1) is 0 Å². The van der Waals surface area contributed by atoms with E-state index in [2.05, 4.69) is 4.98 Å². The number of pyridine rings is 1. The van der Waals surface area contributed by atoms with Gasteiger partial charge in [-0.25, -0.2) is 0 Å². The molecule has 0 spiro atoms. The van der Waals surface area contributed by atoms with E-state index in [9.17, 15) is 4.79 Å². The van der Waals surface area contributed by atoms with E-state index < -0.39 is 0 Å². The van der Waals surface area contributed by atoms with E-state index in [-0.39, 0.29) is 12.0 Å². The zero-order valence-corrected chi connectivity index (χ0v) is 10.0. The van der Waals surface area contributed by atoms with Gasteiger partial charge in [0.1, 0.15) is 6.04 Å². The number of rotatable bonds is 5. The van der Waals surface area contributed by atoms with Gasteiger partial charge in [-0.05, 0) is 32.5 Å². The Hall–Kier alpha value is -1.42. The predicted molar refractivity (Wildman–Crippen MR) is 61.8 cm³/mol. The Morgan fingerprint density at radius 3 is 2.94 bits per heavy atom. The van der Waals surface area contributed by atoms with Gasteiger partial charge in [-0.1, -0.05) is 6.07 Å². The molecule has 0 saturated heterocycles. The van der Waals surface area contributed by atoms with Crippen molar-refractivity contribution >= 4 is 5.97 Å². The van der Waals surface area contributed by atoms with Crippen LogP contribution in [-0.4, -0.2) is 35.5 Å². The van der Waals surface area contributed by atoms with Gasteiger partial charge < -0.3 is 4.74 Å². The molecule has 0 fully saturated rings. The van der Waals surface area contributed by atoms with Crippen LogP contribution in [0.3, 0.4) is 0 Å². The van der Waals surface area contributed by atoms with Crippen LogP contribution in [0.1, 0.15) is 19.4 Å². The van der Waals surface area contributed by atoms with Crippen LogP contribution in [0.5, 0.6) is 0 Å². The summed E-state index contributed by atoms with van der Waals surface area (Å²) in [5, 5.41) is 0. The van der Waals surface area contributed by atoms with Crippen LogP contribution >= 0.6 is 0 Å². The Morgan fingerprint density at radius 2 is 2.38 bits per heavy atom. The first-order valence-corrected chi connectivity index (χ1v) is 5.41. The number of carbonyl (C=O) groups is 1. The van der Waals surface area contributed by atoms with Crippen molar-refractivity contribution in [2.24, 2.45) is 0 Å². The second-order valence-corrected chi connectivity index (χ2v) is 3.70. The van der Waals surface area contributed by atoms with Crippen LogP contribution in [0.15, 0.2) is 24.5 Å². The Bertz CT molecular complexity index is 327. The molecule has 0 aliphatic rings. The van der Waals surface area contributed by atoms with Crippen molar-refractivity contribution in [2.75, 3.05) is 13.7 Å². The molecule has 0 aliphatic carbocycles. The van der Waals surface area contributed by atoms with Crippen LogP contribution in [0.4, 0.5) is 0 Å². The average molecular weight is 222 g/mol. The average Bonchev–Trinajstić information content (AvgIpc) is 2.29. The molecule has 0 radical (unpaired) electrons. The number of aromatic nitrogens is 1. The summed E-state index contributed by atoms with van der Waals surface area (Å²) in [7, 11) is 1.90. The lowest BCUT2D eigenvalue weighted by molar-refractivity contribution is -0.148. The number of nitrogens with zero attached hydrogens (tertiary/aromatic N) is 2. The van der Waals surface area contributed by atoms with Crippen molar-refractivity contribution in [3.8, 4) is 0 Å². The molecule has 0 aliphatic heterocycles. The Kier molecular flexibility index (Phi) is 4.92. The van der Waals surface area contributed by atoms with E-state index in [0.29, 0.717) is 13.2 Å². The summed E-state index contributed by atoms with van der Waals surface area (Å²) in [5.41, 5.74) is 1.08. The van der Waals surface area contributed by atoms with Crippen molar-refractivity contribution in [2.45, 2.75) is 26.4 Å². The smallest absolute Gasteiger partial charge is 0.323 e. The summed E-state index contributed by atoms with van der Waals surface area (Å²) in [6.45, 7) is 4.76. The molecule has 0 bridgehead atoms. The lowest BCUT2D eigenvalue weighted by Gasteiger charge is -2.22. The minimum Gasteiger partial charge on any atom is -0.465 e. The SMILES string of the molecule is CCOC(=O)C(C)N(C)Cc1cccnc1. The summed E-state index contributed by atoms with van der Waals surface area (Å²) in [5.74, 6) is -0.186. The maximum absolute atomic E-state index is 11.5. The number of hydrogen-bond donors (Lipinski definition) is 0. The first-order chi connectivity index (χ1) is 7.65. The van der Waals surface area contributed by atoms with Crippen LogP contribution in [0.25, 0.3) is 0 Å². The maximum atomic E-state index is 11.5. The van der Waals surface area contributed by atoms with E-state index in [1.165, 1.54) is 0 Å². The van der Waals surface area contributed by atoms with E-state index in [1.807, 2.05) is 37.9 Å². The lowest BCUT2D eigenvalue weighted by atomic mass is 10.2. The van der Waals surface area contributed by atoms with Gasteiger partial charge in [-0.3, -0.25) is 14.7 Å². The fourth-order valence-electron chi connectivity index (χ4n) is 1.36. The summed E-state index contributed by atoms with van der Waals surface area (Å²) in [6.07, 6.45) is 3.53. The molecular weight excluding hydrogens is 204 g/mol. The molecule has 1 aromatic heterocycles. The monoisotopic (exact) mass is 222 g/mol. The van der Waals surface area contributed by atoms with Gasteiger partial charge in [-0.15, -0.1) is 0 Å². The third kappa shape index (κ3) is 3.62. The Labute approximate surface area is 96.2 Å². The molecule has 4 nitrogen and oxygen atoms in total. The molecule has 88 valence electrons. The highest BCUT2D eigenvalue weighted by Crippen LogP contribution is 2.05. The molecule has 0 saturated carbocycles. The topological polar surface area (TPSA) is 42.4 Å². The predicted octanol–water partition coefficient (Wildman–Crippen LogP) is 1.47. The van der Waals surface area contributed by atoms with Crippen molar-refractivity contribution in [1.29, 1.82) is 0 Å². The minimum absolute atomic E-state index is 0.186. The number of ether oxygens (including phenoxy) is 1. The van der Waals surface area contributed by atoms with Crippen molar-refractivity contribution in [3.63, 3.8) is 0 Å². The van der Waals surface area contributed by atoms with Gasteiger partial charge in [0, 0.05) is 18.9 Å². The van der Waals surface area contributed by atoms with Crippen molar-refractivity contribution in [1.82, 2.24) is 9.88 Å². The molecule has 1 atom stereocenters. The molecular formula is C12H18N2O2. The molecule has 1 aromatic rings. The van der Waals surface area contributed by atoms with Crippen molar-refractivity contribution in [3.05, 3.63) is 30.1 Å². The molecule has 0 aromatic carbocycles. The summed E-state index contributed by atoms with van der Waals surface area (Å²) in [4.78, 5) is 17.5. The molecule has 4 heteroatoms. The fourth-order valence-corrected chi connectivity index (χ4v) is 1.36.